The number of aryl methyl sites for hydroxylation is 1. The van der Waals surface area contributed by atoms with Gasteiger partial charge in [0.2, 0.25) is 5.89 Å². The summed E-state index contributed by atoms with van der Waals surface area (Å²) in [6.07, 6.45) is 8.56. The van der Waals surface area contributed by atoms with Gasteiger partial charge in [-0.2, -0.15) is 22.4 Å². The molecule has 0 unspecified atom stereocenters. The SMILES string of the molecule is Cc1nc(C2(NS(=O)(=O)N3CCCCC3)CCCCCC2)no1. The van der Waals surface area contributed by atoms with E-state index in [0.717, 1.165) is 57.8 Å². The fourth-order valence-electron chi connectivity index (χ4n) is 3.61. The lowest BCUT2D eigenvalue weighted by molar-refractivity contribution is 0.281. The normalized spacial score (nSPS) is 23.5. The minimum absolute atomic E-state index is 0.473. The molecule has 7 nitrogen and oxygen atoms in total. The summed E-state index contributed by atoms with van der Waals surface area (Å²) in [5.74, 6) is 0.957. The molecule has 1 aliphatic carbocycles. The fourth-order valence-corrected chi connectivity index (χ4v) is 5.27. The lowest BCUT2D eigenvalue weighted by Gasteiger charge is -2.34. The van der Waals surface area contributed by atoms with E-state index < -0.39 is 15.7 Å². The van der Waals surface area contributed by atoms with E-state index in [0.29, 0.717) is 24.8 Å². The summed E-state index contributed by atoms with van der Waals surface area (Å²) in [4.78, 5) is 4.35. The molecule has 1 aromatic heterocycles. The van der Waals surface area contributed by atoms with Gasteiger partial charge in [0.15, 0.2) is 5.82 Å². The number of hydrogen-bond acceptors (Lipinski definition) is 5. The third-order valence-corrected chi connectivity index (χ3v) is 6.59. The molecule has 0 amide bonds. The van der Waals surface area contributed by atoms with Crippen molar-refractivity contribution < 1.29 is 12.9 Å². The Morgan fingerprint density at radius 3 is 2.22 bits per heavy atom. The van der Waals surface area contributed by atoms with Crippen LogP contribution in [0.1, 0.15) is 69.5 Å². The first-order chi connectivity index (χ1) is 11.0. The maximum atomic E-state index is 12.9. The van der Waals surface area contributed by atoms with Crippen LogP contribution >= 0.6 is 0 Å². The van der Waals surface area contributed by atoms with E-state index in [-0.39, 0.29) is 0 Å². The first kappa shape index (κ1) is 16.9. The van der Waals surface area contributed by atoms with E-state index in [9.17, 15) is 8.42 Å². The smallest absolute Gasteiger partial charge is 0.280 e. The van der Waals surface area contributed by atoms with Gasteiger partial charge in [-0.3, -0.25) is 0 Å². The maximum absolute atomic E-state index is 12.9. The first-order valence-corrected chi connectivity index (χ1v) is 10.1. The average molecular weight is 342 g/mol. The summed E-state index contributed by atoms with van der Waals surface area (Å²) in [6.45, 7) is 2.92. The zero-order valence-electron chi connectivity index (χ0n) is 13.8. The second kappa shape index (κ2) is 6.86. The van der Waals surface area contributed by atoms with Crippen LogP contribution in [0.15, 0.2) is 4.52 Å². The van der Waals surface area contributed by atoms with Gasteiger partial charge in [-0.05, 0) is 25.7 Å². The van der Waals surface area contributed by atoms with Gasteiger partial charge >= 0.3 is 0 Å². The molecule has 130 valence electrons. The van der Waals surface area contributed by atoms with E-state index >= 15 is 0 Å². The summed E-state index contributed by atoms with van der Waals surface area (Å²) in [5, 5.41) is 4.05. The number of rotatable bonds is 4. The molecule has 0 bridgehead atoms. The van der Waals surface area contributed by atoms with Gasteiger partial charge in [0.05, 0.1) is 5.54 Å². The molecule has 0 atom stereocenters. The topological polar surface area (TPSA) is 88.3 Å². The molecule has 3 rings (SSSR count). The number of piperidine rings is 1. The largest absolute Gasteiger partial charge is 0.340 e. The van der Waals surface area contributed by atoms with Crippen LogP contribution in [0.25, 0.3) is 0 Å². The van der Waals surface area contributed by atoms with E-state index in [1.54, 1.807) is 11.2 Å². The van der Waals surface area contributed by atoms with Crippen LogP contribution in [0.3, 0.4) is 0 Å². The molecule has 0 radical (unpaired) electrons. The molecular formula is C15H26N4O3S. The van der Waals surface area contributed by atoms with Crippen LogP contribution in [0, 0.1) is 6.92 Å². The van der Waals surface area contributed by atoms with Crippen molar-refractivity contribution in [1.82, 2.24) is 19.2 Å². The standard InChI is InChI=1S/C15H26N4O3S/c1-13-16-14(17-22-13)15(9-5-2-3-6-10-15)18-23(20,21)19-11-7-4-8-12-19/h18H,2-12H2,1H3. The van der Waals surface area contributed by atoms with Crippen molar-refractivity contribution >= 4 is 10.2 Å². The minimum Gasteiger partial charge on any atom is -0.340 e. The van der Waals surface area contributed by atoms with Crippen molar-refractivity contribution in [2.45, 2.75) is 70.3 Å². The van der Waals surface area contributed by atoms with E-state index in [1.165, 1.54) is 0 Å². The first-order valence-electron chi connectivity index (χ1n) is 8.62. The highest BCUT2D eigenvalue weighted by Gasteiger charge is 2.42. The minimum atomic E-state index is -3.53. The van der Waals surface area contributed by atoms with Gasteiger partial charge in [0.25, 0.3) is 10.2 Å². The summed E-state index contributed by atoms with van der Waals surface area (Å²) >= 11 is 0. The number of nitrogens with zero attached hydrogens (tertiary/aromatic N) is 3. The summed E-state index contributed by atoms with van der Waals surface area (Å²) in [5.41, 5.74) is -0.732. The molecular weight excluding hydrogens is 316 g/mol. The van der Waals surface area contributed by atoms with Crippen molar-refractivity contribution in [3.63, 3.8) is 0 Å². The predicted molar refractivity (Wildman–Crippen MR) is 85.9 cm³/mol. The fraction of sp³-hybridized carbons (Fsp3) is 0.867. The molecule has 2 fully saturated rings. The highest BCUT2D eigenvalue weighted by atomic mass is 32.2. The van der Waals surface area contributed by atoms with Crippen LogP contribution in [0.5, 0.6) is 0 Å². The van der Waals surface area contributed by atoms with E-state index in [1.807, 2.05) is 0 Å². The van der Waals surface area contributed by atoms with Crippen molar-refractivity contribution in [2.24, 2.45) is 0 Å². The molecule has 2 heterocycles. The highest BCUT2D eigenvalue weighted by molar-refractivity contribution is 7.87. The average Bonchev–Trinajstić information content (AvgIpc) is 2.85. The van der Waals surface area contributed by atoms with E-state index in [2.05, 4.69) is 14.9 Å². The van der Waals surface area contributed by atoms with Gasteiger partial charge in [-0.25, -0.2) is 0 Å². The second-order valence-corrected chi connectivity index (χ2v) is 8.37. The van der Waals surface area contributed by atoms with Crippen LogP contribution in [0.4, 0.5) is 0 Å². The third-order valence-electron chi connectivity index (χ3n) is 4.89. The van der Waals surface area contributed by atoms with Crippen molar-refractivity contribution in [1.29, 1.82) is 0 Å². The van der Waals surface area contributed by atoms with Crippen LogP contribution < -0.4 is 4.72 Å². The Morgan fingerprint density at radius 2 is 1.65 bits per heavy atom. The number of nitrogens with one attached hydrogen (secondary N) is 1. The Labute approximate surface area is 138 Å². The molecule has 23 heavy (non-hydrogen) atoms. The lowest BCUT2D eigenvalue weighted by Crippen LogP contribution is -2.53. The van der Waals surface area contributed by atoms with E-state index in [4.69, 9.17) is 4.52 Å². The van der Waals surface area contributed by atoms with Crippen LogP contribution in [0.2, 0.25) is 0 Å². The Hall–Kier alpha value is -0.990. The molecule has 1 saturated carbocycles. The summed E-state index contributed by atoms with van der Waals surface area (Å²) < 4.78 is 35.4. The van der Waals surface area contributed by atoms with Gasteiger partial charge in [0, 0.05) is 20.0 Å². The third kappa shape index (κ3) is 3.75. The number of aromatic nitrogens is 2. The van der Waals surface area contributed by atoms with Crippen LogP contribution in [-0.4, -0.2) is 36.0 Å². The summed E-state index contributed by atoms with van der Waals surface area (Å²) in [7, 11) is -3.53. The molecule has 1 saturated heterocycles. The van der Waals surface area contributed by atoms with Crippen LogP contribution in [-0.2, 0) is 15.7 Å². The molecule has 0 spiro atoms. The summed E-state index contributed by atoms with van der Waals surface area (Å²) in [6, 6.07) is 0. The highest BCUT2D eigenvalue weighted by Crippen LogP contribution is 2.35. The molecule has 0 aromatic carbocycles. The Bertz CT molecular complexity index is 614. The number of hydrogen-bond donors (Lipinski definition) is 1. The zero-order valence-corrected chi connectivity index (χ0v) is 14.6. The van der Waals surface area contributed by atoms with Gasteiger partial charge in [-0.1, -0.05) is 37.3 Å². The maximum Gasteiger partial charge on any atom is 0.280 e. The molecule has 8 heteroatoms. The van der Waals surface area contributed by atoms with Gasteiger partial charge in [0.1, 0.15) is 0 Å². The quantitative estimate of drug-likeness (QED) is 0.848. The lowest BCUT2D eigenvalue weighted by atomic mass is 9.91. The molecule has 2 aliphatic rings. The molecule has 1 N–H and O–H groups in total. The van der Waals surface area contributed by atoms with Gasteiger partial charge in [-0.15, -0.1) is 0 Å². The van der Waals surface area contributed by atoms with Crippen molar-refractivity contribution in [3.05, 3.63) is 11.7 Å². The predicted octanol–water partition coefficient (Wildman–Crippen LogP) is 2.25. The molecule has 1 aromatic rings. The molecule has 1 aliphatic heterocycles. The second-order valence-electron chi connectivity index (χ2n) is 6.70. The monoisotopic (exact) mass is 342 g/mol. The Morgan fingerprint density at radius 1 is 1.04 bits per heavy atom. The zero-order chi connectivity index (χ0) is 16.3. The van der Waals surface area contributed by atoms with Crippen molar-refractivity contribution in [2.75, 3.05) is 13.1 Å². The Kier molecular flexibility index (Phi) is 5.03. The van der Waals surface area contributed by atoms with Gasteiger partial charge < -0.3 is 4.52 Å². The van der Waals surface area contributed by atoms with Crippen molar-refractivity contribution in [3.8, 4) is 0 Å². The Balaban J connectivity index is 1.89.